The molecule has 1 N–H and O–H groups in total. The fourth-order valence-corrected chi connectivity index (χ4v) is 2.35. The quantitative estimate of drug-likeness (QED) is 0.669. The van der Waals surface area contributed by atoms with Gasteiger partial charge >= 0.3 is 5.97 Å². The molecule has 1 aromatic carbocycles. The van der Waals surface area contributed by atoms with Crippen LogP contribution in [0.1, 0.15) is 49.9 Å². The number of hydrogen-bond donors (Lipinski definition) is 1. The monoisotopic (exact) mass is 344 g/mol. The van der Waals surface area contributed by atoms with Crippen molar-refractivity contribution in [2.75, 3.05) is 13.2 Å². The van der Waals surface area contributed by atoms with Crippen LogP contribution in [-0.2, 0) is 0 Å². The van der Waals surface area contributed by atoms with E-state index in [1.165, 1.54) is 25.0 Å². The van der Waals surface area contributed by atoms with E-state index in [4.69, 9.17) is 14.6 Å². The lowest BCUT2D eigenvalue weighted by Gasteiger charge is -2.14. The molecule has 0 saturated carbocycles. The Kier molecular flexibility index (Phi) is 7.44. The molecule has 4 nitrogen and oxygen atoms in total. The minimum Gasteiger partial charge on any atom is -0.490 e. The smallest absolute Gasteiger partial charge is 0.335 e. The molecule has 0 amide bonds. The number of ether oxygens (including phenoxy) is 2. The second-order valence-corrected chi connectivity index (χ2v) is 5.29. The van der Waals surface area contributed by atoms with Crippen molar-refractivity contribution >= 4 is 21.9 Å². The van der Waals surface area contributed by atoms with Crippen LogP contribution in [0.25, 0.3) is 0 Å². The number of carbonyl (C=O) groups is 1. The summed E-state index contributed by atoms with van der Waals surface area (Å²) in [5, 5.41) is 9.05. The summed E-state index contributed by atoms with van der Waals surface area (Å²) in [6.07, 6.45) is 4.49. The Morgan fingerprint density at radius 3 is 2.55 bits per heavy atom. The third-order valence-corrected chi connectivity index (χ3v) is 3.39. The summed E-state index contributed by atoms with van der Waals surface area (Å²) < 4.78 is 11.8. The first-order valence-electron chi connectivity index (χ1n) is 6.92. The Hall–Kier alpha value is -1.23. The van der Waals surface area contributed by atoms with Crippen molar-refractivity contribution in [1.29, 1.82) is 0 Å². The molecule has 112 valence electrons. The normalized spacial score (nSPS) is 10.3. The highest BCUT2D eigenvalue weighted by atomic mass is 79.9. The van der Waals surface area contributed by atoms with Gasteiger partial charge in [0.25, 0.3) is 0 Å². The van der Waals surface area contributed by atoms with Crippen LogP contribution in [0.3, 0.4) is 0 Å². The number of aromatic carboxylic acids is 1. The van der Waals surface area contributed by atoms with Crippen molar-refractivity contribution in [3.8, 4) is 11.5 Å². The maximum absolute atomic E-state index is 11.0. The van der Waals surface area contributed by atoms with Gasteiger partial charge in [-0.3, -0.25) is 0 Å². The van der Waals surface area contributed by atoms with Crippen molar-refractivity contribution in [3.63, 3.8) is 0 Å². The number of hydrogen-bond acceptors (Lipinski definition) is 3. The molecule has 0 aromatic heterocycles. The van der Waals surface area contributed by atoms with Gasteiger partial charge in [0.1, 0.15) is 0 Å². The number of carboxylic acids is 1. The van der Waals surface area contributed by atoms with Crippen LogP contribution >= 0.6 is 15.9 Å². The largest absolute Gasteiger partial charge is 0.490 e. The molecule has 0 bridgehead atoms. The molecule has 1 rings (SSSR count). The molecule has 20 heavy (non-hydrogen) atoms. The number of carboxylic acid groups (broad SMARTS) is 1. The Morgan fingerprint density at radius 1 is 1.20 bits per heavy atom. The molecule has 0 aliphatic rings. The molecule has 0 saturated heterocycles. The van der Waals surface area contributed by atoms with E-state index < -0.39 is 5.97 Å². The molecule has 0 heterocycles. The highest BCUT2D eigenvalue weighted by molar-refractivity contribution is 9.10. The second-order valence-electron chi connectivity index (χ2n) is 4.43. The Morgan fingerprint density at radius 2 is 1.95 bits per heavy atom. The van der Waals surface area contributed by atoms with E-state index in [1.807, 2.05) is 6.92 Å². The molecular weight excluding hydrogens is 324 g/mol. The van der Waals surface area contributed by atoms with Crippen LogP contribution in [0.2, 0.25) is 0 Å². The summed E-state index contributed by atoms with van der Waals surface area (Å²) in [4.78, 5) is 11.0. The van der Waals surface area contributed by atoms with Gasteiger partial charge in [0.05, 0.1) is 23.2 Å². The molecule has 0 unspecified atom stereocenters. The zero-order valence-corrected chi connectivity index (χ0v) is 13.5. The lowest BCUT2D eigenvalue weighted by Crippen LogP contribution is -2.04. The van der Waals surface area contributed by atoms with Gasteiger partial charge in [-0.2, -0.15) is 0 Å². The number of rotatable bonds is 9. The van der Waals surface area contributed by atoms with E-state index in [9.17, 15) is 4.79 Å². The van der Waals surface area contributed by atoms with Gasteiger partial charge in [-0.15, -0.1) is 0 Å². The van der Waals surface area contributed by atoms with Crippen molar-refractivity contribution in [3.05, 3.63) is 22.2 Å². The topological polar surface area (TPSA) is 55.8 Å². The number of unbranched alkanes of at least 4 members (excludes halogenated alkanes) is 3. The first kappa shape index (κ1) is 16.8. The molecule has 0 spiro atoms. The van der Waals surface area contributed by atoms with E-state index in [-0.39, 0.29) is 5.56 Å². The zero-order chi connectivity index (χ0) is 15.0. The van der Waals surface area contributed by atoms with Crippen LogP contribution in [-0.4, -0.2) is 24.3 Å². The fraction of sp³-hybridized carbons (Fsp3) is 0.533. The zero-order valence-electron chi connectivity index (χ0n) is 11.9. The SMILES string of the molecule is CCCCCCOc1c(Br)cc(C(=O)O)cc1OCC. The fourth-order valence-electron chi connectivity index (χ4n) is 1.80. The third-order valence-electron chi connectivity index (χ3n) is 2.80. The summed E-state index contributed by atoms with van der Waals surface area (Å²) in [6.45, 7) is 5.08. The predicted molar refractivity (Wildman–Crippen MR) is 81.9 cm³/mol. The standard InChI is InChI=1S/C15H21BrO4/c1-3-5-6-7-8-20-14-12(16)9-11(15(17)18)10-13(14)19-4-2/h9-10H,3-8H2,1-2H3,(H,17,18). The van der Waals surface area contributed by atoms with Crippen LogP contribution in [0, 0.1) is 0 Å². The van der Waals surface area contributed by atoms with E-state index in [0.717, 1.165) is 12.8 Å². The maximum Gasteiger partial charge on any atom is 0.335 e. The van der Waals surface area contributed by atoms with Gasteiger partial charge < -0.3 is 14.6 Å². The van der Waals surface area contributed by atoms with Gasteiger partial charge in [0.15, 0.2) is 11.5 Å². The van der Waals surface area contributed by atoms with E-state index in [1.54, 1.807) is 0 Å². The Labute approximate surface area is 128 Å². The molecule has 1 aromatic rings. The Bertz CT molecular complexity index is 446. The van der Waals surface area contributed by atoms with Gasteiger partial charge in [-0.05, 0) is 41.4 Å². The highest BCUT2D eigenvalue weighted by Gasteiger charge is 2.15. The molecule has 5 heteroatoms. The minimum atomic E-state index is -0.985. The molecule has 0 radical (unpaired) electrons. The van der Waals surface area contributed by atoms with Gasteiger partial charge in [-0.1, -0.05) is 26.2 Å². The van der Waals surface area contributed by atoms with Crippen molar-refractivity contribution in [2.24, 2.45) is 0 Å². The second kappa shape index (κ2) is 8.84. The average Bonchev–Trinajstić information content (AvgIpc) is 2.40. The summed E-state index contributed by atoms with van der Waals surface area (Å²) in [5.74, 6) is 0.0595. The van der Waals surface area contributed by atoms with Crippen molar-refractivity contribution in [2.45, 2.75) is 39.5 Å². The molecular formula is C15H21BrO4. The van der Waals surface area contributed by atoms with Gasteiger partial charge in [0, 0.05) is 0 Å². The summed E-state index contributed by atoms with van der Waals surface area (Å²) in [6, 6.07) is 3.03. The minimum absolute atomic E-state index is 0.179. The van der Waals surface area contributed by atoms with Crippen LogP contribution in [0.4, 0.5) is 0 Å². The van der Waals surface area contributed by atoms with Crippen molar-refractivity contribution in [1.82, 2.24) is 0 Å². The maximum atomic E-state index is 11.0. The Balaban J connectivity index is 2.79. The van der Waals surface area contributed by atoms with Gasteiger partial charge in [-0.25, -0.2) is 4.79 Å². The first-order valence-corrected chi connectivity index (χ1v) is 7.71. The molecule has 0 aliphatic carbocycles. The molecule has 0 aliphatic heterocycles. The molecule has 0 atom stereocenters. The van der Waals surface area contributed by atoms with Gasteiger partial charge in [0.2, 0.25) is 0 Å². The van der Waals surface area contributed by atoms with Crippen LogP contribution < -0.4 is 9.47 Å². The predicted octanol–water partition coefficient (Wildman–Crippen LogP) is 4.51. The highest BCUT2D eigenvalue weighted by Crippen LogP contribution is 2.37. The summed E-state index contributed by atoms with van der Waals surface area (Å²) >= 11 is 3.35. The summed E-state index contributed by atoms with van der Waals surface area (Å²) in [7, 11) is 0. The average molecular weight is 345 g/mol. The number of benzene rings is 1. The first-order chi connectivity index (χ1) is 9.60. The van der Waals surface area contributed by atoms with E-state index >= 15 is 0 Å². The third kappa shape index (κ3) is 5.04. The lowest BCUT2D eigenvalue weighted by atomic mass is 10.2. The molecule has 0 fully saturated rings. The number of halogens is 1. The van der Waals surface area contributed by atoms with E-state index in [2.05, 4.69) is 22.9 Å². The van der Waals surface area contributed by atoms with Crippen LogP contribution in [0.5, 0.6) is 11.5 Å². The lowest BCUT2D eigenvalue weighted by molar-refractivity contribution is 0.0696. The van der Waals surface area contributed by atoms with Crippen molar-refractivity contribution < 1.29 is 19.4 Å². The summed E-state index contributed by atoms with van der Waals surface area (Å²) in [5.41, 5.74) is 0.179. The van der Waals surface area contributed by atoms with E-state index in [0.29, 0.717) is 29.2 Å². The van der Waals surface area contributed by atoms with Crippen LogP contribution in [0.15, 0.2) is 16.6 Å².